The maximum atomic E-state index is 12.5. The molecule has 2 aliphatic rings. The Labute approximate surface area is 206 Å². The zero-order valence-corrected chi connectivity index (χ0v) is 21.4. The molecule has 2 fully saturated rings. The second-order valence-corrected chi connectivity index (χ2v) is 11.4. The van der Waals surface area contributed by atoms with Crippen molar-refractivity contribution in [2.24, 2.45) is 0 Å². The Bertz CT molecular complexity index is 1120. The van der Waals surface area contributed by atoms with Gasteiger partial charge in [-0.25, -0.2) is 17.9 Å². The van der Waals surface area contributed by atoms with E-state index in [9.17, 15) is 13.2 Å². The molecule has 1 aliphatic carbocycles. The topological polar surface area (TPSA) is 131 Å². The third-order valence-corrected chi connectivity index (χ3v) is 8.00. The molecule has 2 aromatic rings. The van der Waals surface area contributed by atoms with Gasteiger partial charge in [-0.15, -0.1) is 10.2 Å². The van der Waals surface area contributed by atoms with Crippen LogP contribution in [-0.4, -0.2) is 71.9 Å². The molecule has 35 heavy (non-hydrogen) atoms. The van der Waals surface area contributed by atoms with Gasteiger partial charge in [-0.05, 0) is 70.0 Å². The molecule has 1 aromatic carbocycles. The molecule has 192 valence electrons. The van der Waals surface area contributed by atoms with Crippen LogP contribution in [0.25, 0.3) is 11.4 Å². The van der Waals surface area contributed by atoms with E-state index in [4.69, 9.17) is 4.74 Å². The summed E-state index contributed by atoms with van der Waals surface area (Å²) in [5.41, 5.74) is 1.41. The highest BCUT2D eigenvalue weighted by Gasteiger charge is 2.28. The van der Waals surface area contributed by atoms with Crippen LogP contribution < -0.4 is 10.0 Å². The number of benzene rings is 1. The van der Waals surface area contributed by atoms with E-state index in [1.807, 2.05) is 13.8 Å². The summed E-state index contributed by atoms with van der Waals surface area (Å²) in [6, 6.07) is 5.31. The molecule has 1 aromatic heterocycles. The van der Waals surface area contributed by atoms with E-state index in [1.165, 1.54) is 26.3 Å². The fourth-order valence-corrected chi connectivity index (χ4v) is 5.39. The molecule has 0 bridgehead atoms. The van der Waals surface area contributed by atoms with Crippen LogP contribution in [0.3, 0.4) is 0 Å². The van der Waals surface area contributed by atoms with E-state index in [0.717, 1.165) is 18.5 Å². The maximum Gasteiger partial charge on any atom is 0.410 e. The SMILES string of the molecule is CNS(=O)(=O)c1ccc(NC2CCCCC2)c(-c2nnn(C3CCN(C(=O)OC(C)C)CC3)n2)c1. The lowest BCUT2D eigenvalue weighted by Crippen LogP contribution is -2.40. The number of hydrogen-bond donors (Lipinski definition) is 2. The average Bonchev–Trinajstić information content (AvgIpc) is 3.35. The van der Waals surface area contributed by atoms with Crippen molar-refractivity contribution in [1.82, 2.24) is 29.8 Å². The lowest BCUT2D eigenvalue weighted by atomic mass is 9.95. The summed E-state index contributed by atoms with van der Waals surface area (Å²) in [6.07, 6.45) is 6.67. The van der Waals surface area contributed by atoms with Crippen molar-refractivity contribution in [3.63, 3.8) is 0 Å². The molecule has 0 unspecified atom stereocenters. The number of piperidine rings is 1. The van der Waals surface area contributed by atoms with Crippen LogP contribution in [-0.2, 0) is 14.8 Å². The summed E-state index contributed by atoms with van der Waals surface area (Å²) in [7, 11) is -2.24. The van der Waals surface area contributed by atoms with Crippen LogP contribution in [0, 0.1) is 0 Å². The minimum Gasteiger partial charge on any atom is -0.447 e. The molecule has 4 rings (SSSR count). The molecule has 1 aliphatic heterocycles. The number of carbonyl (C=O) groups is 1. The van der Waals surface area contributed by atoms with Crippen molar-refractivity contribution < 1.29 is 17.9 Å². The Morgan fingerprint density at radius 1 is 1.11 bits per heavy atom. The Morgan fingerprint density at radius 3 is 2.49 bits per heavy atom. The number of tetrazole rings is 1. The second-order valence-electron chi connectivity index (χ2n) is 9.48. The van der Waals surface area contributed by atoms with Crippen molar-refractivity contribution in [2.75, 3.05) is 25.5 Å². The van der Waals surface area contributed by atoms with Gasteiger partial charge < -0.3 is 15.0 Å². The number of rotatable bonds is 7. The van der Waals surface area contributed by atoms with Crippen molar-refractivity contribution in [3.05, 3.63) is 18.2 Å². The molecule has 0 radical (unpaired) electrons. The fraction of sp³-hybridized carbons (Fsp3) is 0.652. The van der Waals surface area contributed by atoms with E-state index >= 15 is 0 Å². The van der Waals surface area contributed by atoms with Crippen molar-refractivity contribution in [2.45, 2.75) is 81.9 Å². The molecule has 1 saturated carbocycles. The third kappa shape index (κ3) is 6.10. The average molecular weight is 506 g/mol. The Balaban J connectivity index is 1.54. The summed E-state index contributed by atoms with van der Waals surface area (Å²) in [6.45, 7) is 4.77. The minimum absolute atomic E-state index is 0.00155. The summed E-state index contributed by atoms with van der Waals surface area (Å²) < 4.78 is 32.6. The van der Waals surface area contributed by atoms with Gasteiger partial charge in [-0.1, -0.05) is 19.3 Å². The molecule has 1 amide bonds. The number of nitrogens with zero attached hydrogens (tertiary/aromatic N) is 5. The van der Waals surface area contributed by atoms with Gasteiger partial charge in [0.1, 0.15) is 0 Å². The van der Waals surface area contributed by atoms with Crippen LogP contribution in [0.1, 0.15) is 64.8 Å². The molecule has 2 N–H and O–H groups in total. The number of ether oxygens (including phenoxy) is 1. The van der Waals surface area contributed by atoms with E-state index in [0.29, 0.717) is 43.4 Å². The minimum atomic E-state index is -3.63. The van der Waals surface area contributed by atoms with Crippen LogP contribution in [0.4, 0.5) is 10.5 Å². The smallest absolute Gasteiger partial charge is 0.410 e. The zero-order chi connectivity index (χ0) is 25.0. The largest absolute Gasteiger partial charge is 0.447 e. The first-order chi connectivity index (χ1) is 16.8. The molecule has 12 heteroatoms. The van der Waals surface area contributed by atoms with Gasteiger partial charge in [0.2, 0.25) is 15.8 Å². The number of nitrogens with one attached hydrogen (secondary N) is 2. The van der Waals surface area contributed by atoms with Crippen molar-refractivity contribution in [1.29, 1.82) is 0 Å². The highest BCUT2D eigenvalue weighted by atomic mass is 32.2. The molecular weight excluding hydrogens is 470 g/mol. The van der Waals surface area contributed by atoms with Crippen molar-refractivity contribution in [3.8, 4) is 11.4 Å². The predicted molar refractivity (Wildman–Crippen MR) is 131 cm³/mol. The summed E-state index contributed by atoms with van der Waals surface area (Å²) in [4.78, 5) is 15.6. The number of carbonyl (C=O) groups excluding carboxylic acids is 1. The van der Waals surface area contributed by atoms with Crippen LogP contribution in [0.15, 0.2) is 23.1 Å². The van der Waals surface area contributed by atoms with Gasteiger partial charge in [0.15, 0.2) is 0 Å². The first kappa shape index (κ1) is 25.4. The molecule has 2 heterocycles. The van der Waals surface area contributed by atoms with Crippen LogP contribution >= 0.6 is 0 Å². The quantitative estimate of drug-likeness (QED) is 0.587. The first-order valence-corrected chi connectivity index (χ1v) is 13.8. The van der Waals surface area contributed by atoms with E-state index in [-0.39, 0.29) is 23.1 Å². The van der Waals surface area contributed by atoms with Crippen LogP contribution in [0.5, 0.6) is 0 Å². The number of aromatic nitrogens is 4. The lowest BCUT2D eigenvalue weighted by Gasteiger charge is -2.30. The standard InChI is InChI=1S/C23H35N7O4S/c1-16(2)34-23(31)29-13-11-18(12-14-29)30-27-22(26-28-30)20-15-19(35(32,33)24-3)9-10-21(20)25-17-7-5-4-6-8-17/h9-10,15-18,24-25H,4-8,11-14H2,1-3H3. The van der Waals surface area contributed by atoms with Gasteiger partial charge in [-0.2, -0.15) is 4.80 Å². The Hall–Kier alpha value is -2.73. The number of anilines is 1. The van der Waals surface area contributed by atoms with E-state index in [1.54, 1.807) is 27.9 Å². The summed E-state index contributed by atoms with van der Waals surface area (Å²) in [5.74, 6) is 0.373. The third-order valence-electron chi connectivity index (χ3n) is 6.59. The number of hydrogen-bond acceptors (Lipinski definition) is 8. The van der Waals surface area contributed by atoms with Gasteiger partial charge in [-0.3, -0.25) is 0 Å². The summed E-state index contributed by atoms with van der Waals surface area (Å²) >= 11 is 0. The first-order valence-electron chi connectivity index (χ1n) is 12.4. The lowest BCUT2D eigenvalue weighted by molar-refractivity contribution is 0.0642. The maximum absolute atomic E-state index is 12.5. The highest BCUT2D eigenvalue weighted by Crippen LogP contribution is 2.32. The number of sulfonamides is 1. The normalized spacial score (nSPS) is 18.1. The van der Waals surface area contributed by atoms with Crippen LogP contribution in [0.2, 0.25) is 0 Å². The monoisotopic (exact) mass is 505 g/mol. The summed E-state index contributed by atoms with van der Waals surface area (Å²) in [5, 5.41) is 16.8. The van der Waals surface area contributed by atoms with Crippen molar-refractivity contribution >= 4 is 21.8 Å². The molecule has 0 atom stereocenters. The Kier molecular flexibility index (Phi) is 7.90. The molecule has 0 spiro atoms. The molecule has 11 nitrogen and oxygen atoms in total. The fourth-order valence-electron chi connectivity index (χ4n) is 4.63. The molecular formula is C23H35N7O4S. The zero-order valence-electron chi connectivity index (χ0n) is 20.6. The number of likely N-dealkylation sites (tertiary alicyclic amines) is 1. The molecule has 1 saturated heterocycles. The van der Waals surface area contributed by atoms with E-state index < -0.39 is 10.0 Å². The number of amides is 1. The second kappa shape index (κ2) is 10.9. The van der Waals surface area contributed by atoms with Gasteiger partial charge >= 0.3 is 6.09 Å². The van der Waals surface area contributed by atoms with Gasteiger partial charge in [0, 0.05) is 30.4 Å². The van der Waals surface area contributed by atoms with E-state index in [2.05, 4.69) is 25.4 Å². The highest BCUT2D eigenvalue weighted by molar-refractivity contribution is 7.89. The Morgan fingerprint density at radius 2 is 1.83 bits per heavy atom. The van der Waals surface area contributed by atoms with Gasteiger partial charge in [0.05, 0.1) is 17.0 Å². The van der Waals surface area contributed by atoms with Gasteiger partial charge in [0.25, 0.3) is 0 Å². The predicted octanol–water partition coefficient (Wildman–Crippen LogP) is 3.17.